The number of phenols is 2. The molecule has 1 aromatic carbocycles. The molecule has 4 heteroatoms. The molecular formula is C12H19NO2S. The number of benzene rings is 1. The van der Waals surface area contributed by atoms with Crippen molar-refractivity contribution in [1.29, 1.82) is 0 Å². The van der Waals surface area contributed by atoms with Crippen LogP contribution in [0.25, 0.3) is 0 Å². The maximum atomic E-state index is 9.31. The lowest BCUT2D eigenvalue weighted by Gasteiger charge is -2.11. The van der Waals surface area contributed by atoms with Gasteiger partial charge in [0.2, 0.25) is 0 Å². The molecule has 0 saturated heterocycles. The average Bonchev–Trinajstić information content (AvgIpc) is 2.24. The third kappa shape index (κ3) is 4.33. The van der Waals surface area contributed by atoms with Crippen LogP contribution in [0.15, 0.2) is 18.2 Å². The molecule has 0 heterocycles. The normalized spacial score (nSPS) is 12.6. The van der Waals surface area contributed by atoms with E-state index in [4.69, 9.17) is 5.11 Å². The first-order chi connectivity index (χ1) is 7.63. The lowest BCUT2D eigenvalue weighted by Crippen LogP contribution is -2.21. The highest BCUT2D eigenvalue weighted by atomic mass is 32.2. The zero-order valence-corrected chi connectivity index (χ0v) is 10.5. The number of nitrogens with one attached hydrogen (secondary N) is 1. The highest BCUT2D eigenvalue weighted by molar-refractivity contribution is 7.98. The molecule has 90 valence electrons. The quantitative estimate of drug-likeness (QED) is 0.668. The molecule has 0 aromatic heterocycles. The van der Waals surface area contributed by atoms with E-state index in [-0.39, 0.29) is 11.5 Å². The van der Waals surface area contributed by atoms with E-state index >= 15 is 0 Å². The fourth-order valence-electron chi connectivity index (χ4n) is 1.49. The van der Waals surface area contributed by atoms with Crippen LogP contribution in [0.1, 0.15) is 12.5 Å². The van der Waals surface area contributed by atoms with Crippen LogP contribution in [-0.4, -0.2) is 28.8 Å². The number of rotatable bonds is 6. The Labute approximate surface area is 101 Å². The van der Waals surface area contributed by atoms with Gasteiger partial charge in [-0.1, -0.05) is 13.0 Å². The van der Waals surface area contributed by atoms with Gasteiger partial charge in [-0.05, 0) is 42.2 Å². The molecule has 1 unspecified atom stereocenters. The lowest BCUT2D eigenvalue weighted by molar-refractivity contribution is 0.403. The van der Waals surface area contributed by atoms with Gasteiger partial charge in [0.15, 0.2) is 11.5 Å². The van der Waals surface area contributed by atoms with Gasteiger partial charge in [-0.15, -0.1) is 0 Å². The molecule has 1 atom stereocenters. The van der Waals surface area contributed by atoms with Gasteiger partial charge in [-0.2, -0.15) is 11.8 Å². The van der Waals surface area contributed by atoms with Gasteiger partial charge >= 0.3 is 0 Å². The minimum Gasteiger partial charge on any atom is -0.504 e. The summed E-state index contributed by atoms with van der Waals surface area (Å²) in [4.78, 5) is 0. The summed E-state index contributed by atoms with van der Waals surface area (Å²) in [5.74, 6) is 1.66. The maximum absolute atomic E-state index is 9.31. The van der Waals surface area contributed by atoms with Crippen molar-refractivity contribution in [2.75, 3.05) is 18.6 Å². The van der Waals surface area contributed by atoms with E-state index < -0.39 is 0 Å². The van der Waals surface area contributed by atoms with Crippen molar-refractivity contribution in [3.8, 4) is 11.5 Å². The summed E-state index contributed by atoms with van der Waals surface area (Å²) < 4.78 is 0. The number of aromatic hydroxyl groups is 2. The molecule has 1 aromatic rings. The van der Waals surface area contributed by atoms with Crippen LogP contribution in [0.3, 0.4) is 0 Å². The van der Waals surface area contributed by atoms with Crippen molar-refractivity contribution in [1.82, 2.24) is 5.32 Å². The van der Waals surface area contributed by atoms with E-state index in [9.17, 15) is 5.11 Å². The van der Waals surface area contributed by atoms with Crippen molar-refractivity contribution in [2.24, 2.45) is 5.92 Å². The summed E-state index contributed by atoms with van der Waals surface area (Å²) in [6, 6.07) is 4.90. The van der Waals surface area contributed by atoms with Crippen molar-refractivity contribution in [3.05, 3.63) is 23.8 Å². The Hall–Kier alpha value is -0.870. The first kappa shape index (κ1) is 13.2. The third-order valence-corrected chi connectivity index (χ3v) is 3.22. The second kappa shape index (κ2) is 6.66. The van der Waals surface area contributed by atoms with E-state index in [2.05, 4.69) is 18.5 Å². The molecule has 0 spiro atoms. The molecule has 0 bridgehead atoms. The van der Waals surface area contributed by atoms with Crippen molar-refractivity contribution in [3.63, 3.8) is 0 Å². The molecule has 0 fully saturated rings. The van der Waals surface area contributed by atoms with Gasteiger partial charge in [0.25, 0.3) is 0 Å². The fraction of sp³-hybridized carbons (Fsp3) is 0.500. The van der Waals surface area contributed by atoms with Crippen LogP contribution in [0.5, 0.6) is 11.5 Å². The Kier molecular flexibility index (Phi) is 5.49. The summed E-state index contributed by atoms with van der Waals surface area (Å²) in [6.07, 6.45) is 2.11. The number of hydrogen-bond acceptors (Lipinski definition) is 4. The van der Waals surface area contributed by atoms with Crippen LogP contribution >= 0.6 is 11.8 Å². The Bertz CT molecular complexity index is 331. The van der Waals surface area contributed by atoms with Crippen LogP contribution in [0, 0.1) is 5.92 Å². The van der Waals surface area contributed by atoms with Crippen LogP contribution < -0.4 is 5.32 Å². The SMILES string of the molecule is CSCC(C)CNCc1ccc(O)c(O)c1. The predicted molar refractivity (Wildman–Crippen MR) is 69.0 cm³/mol. The second-order valence-electron chi connectivity index (χ2n) is 4.01. The molecule has 0 aliphatic carbocycles. The fourth-order valence-corrected chi connectivity index (χ4v) is 2.17. The summed E-state index contributed by atoms with van der Waals surface area (Å²) >= 11 is 1.85. The number of hydrogen-bond donors (Lipinski definition) is 3. The van der Waals surface area contributed by atoms with Crippen LogP contribution in [0.4, 0.5) is 0 Å². The van der Waals surface area contributed by atoms with Crippen molar-refractivity contribution in [2.45, 2.75) is 13.5 Å². The van der Waals surface area contributed by atoms with Crippen molar-refractivity contribution < 1.29 is 10.2 Å². The monoisotopic (exact) mass is 241 g/mol. The highest BCUT2D eigenvalue weighted by Gasteiger charge is 2.02. The Morgan fingerprint density at radius 1 is 1.31 bits per heavy atom. The third-order valence-electron chi connectivity index (χ3n) is 2.31. The standard InChI is InChI=1S/C12H19NO2S/c1-9(8-16-2)6-13-7-10-3-4-11(14)12(15)5-10/h3-5,9,13-15H,6-8H2,1-2H3. The molecule has 0 aliphatic rings. The summed E-state index contributed by atoms with van der Waals surface area (Å²) in [5.41, 5.74) is 0.978. The highest BCUT2D eigenvalue weighted by Crippen LogP contribution is 2.24. The van der Waals surface area contributed by atoms with E-state index in [1.807, 2.05) is 11.8 Å². The summed E-state index contributed by atoms with van der Waals surface area (Å²) in [7, 11) is 0. The molecule has 0 amide bonds. The van der Waals surface area contributed by atoms with Gasteiger partial charge < -0.3 is 15.5 Å². The minimum absolute atomic E-state index is 0.0588. The van der Waals surface area contributed by atoms with Gasteiger partial charge in [-0.3, -0.25) is 0 Å². The number of thioether (sulfide) groups is 1. The zero-order chi connectivity index (χ0) is 12.0. The van der Waals surface area contributed by atoms with Gasteiger partial charge in [0, 0.05) is 6.54 Å². The number of phenolic OH excluding ortho intramolecular Hbond substituents is 2. The molecule has 1 rings (SSSR count). The minimum atomic E-state index is -0.0699. The summed E-state index contributed by atoms with van der Waals surface area (Å²) in [6.45, 7) is 3.88. The molecular weight excluding hydrogens is 222 g/mol. The smallest absolute Gasteiger partial charge is 0.157 e. The first-order valence-corrected chi connectivity index (χ1v) is 6.73. The van der Waals surface area contributed by atoms with Crippen LogP contribution in [0.2, 0.25) is 0 Å². The van der Waals surface area contributed by atoms with Gasteiger partial charge in [0.1, 0.15) is 0 Å². The topological polar surface area (TPSA) is 52.5 Å². The average molecular weight is 241 g/mol. The van der Waals surface area contributed by atoms with E-state index in [0.29, 0.717) is 12.5 Å². The molecule has 0 radical (unpaired) electrons. The molecule has 3 nitrogen and oxygen atoms in total. The van der Waals surface area contributed by atoms with E-state index in [0.717, 1.165) is 17.9 Å². The van der Waals surface area contributed by atoms with Crippen LogP contribution in [-0.2, 0) is 6.54 Å². The molecule has 0 aliphatic heterocycles. The predicted octanol–water partition coefficient (Wildman–Crippen LogP) is 2.19. The van der Waals surface area contributed by atoms with Crippen molar-refractivity contribution >= 4 is 11.8 Å². The Morgan fingerprint density at radius 2 is 2.06 bits per heavy atom. The first-order valence-electron chi connectivity index (χ1n) is 5.34. The molecule has 16 heavy (non-hydrogen) atoms. The Morgan fingerprint density at radius 3 is 2.69 bits per heavy atom. The summed E-state index contributed by atoms with van der Waals surface area (Å²) in [5, 5.41) is 21.8. The second-order valence-corrected chi connectivity index (χ2v) is 4.93. The molecule has 3 N–H and O–H groups in total. The van der Waals surface area contributed by atoms with E-state index in [1.165, 1.54) is 6.07 Å². The van der Waals surface area contributed by atoms with Gasteiger partial charge in [0.05, 0.1) is 0 Å². The lowest BCUT2D eigenvalue weighted by atomic mass is 10.2. The zero-order valence-electron chi connectivity index (χ0n) is 9.73. The maximum Gasteiger partial charge on any atom is 0.157 e. The molecule has 0 saturated carbocycles. The van der Waals surface area contributed by atoms with Gasteiger partial charge in [-0.25, -0.2) is 0 Å². The largest absolute Gasteiger partial charge is 0.504 e. The van der Waals surface area contributed by atoms with E-state index in [1.54, 1.807) is 12.1 Å². The Balaban J connectivity index is 2.34.